The maximum absolute atomic E-state index is 13.3. The molecular weight excluding hydrogens is 279 g/mol. The van der Waals surface area contributed by atoms with E-state index in [1.165, 1.54) is 12.1 Å². The lowest BCUT2D eigenvalue weighted by molar-refractivity contribution is -0.142. The van der Waals surface area contributed by atoms with Crippen LogP contribution in [0.5, 0.6) is 0 Å². The van der Waals surface area contributed by atoms with E-state index >= 15 is 0 Å². The molecule has 1 aromatic rings. The number of ether oxygens (including phenoxy) is 1. The van der Waals surface area contributed by atoms with Crippen molar-refractivity contribution in [2.45, 2.75) is 0 Å². The summed E-state index contributed by atoms with van der Waals surface area (Å²) >= 11 is 5.66. The Morgan fingerprint density at radius 3 is 2.84 bits per heavy atom. The minimum Gasteiger partial charge on any atom is -0.480 e. The van der Waals surface area contributed by atoms with Crippen molar-refractivity contribution < 1.29 is 23.8 Å². The Morgan fingerprint density at radius 2 is 2.16 bits per heavy atom. The summed E-state index contributed by atoms with van der Waals surface area (Å²) in [5.41, 5.74) is -0.0449. The van der Waals surface area contributed by atoms with Crippen molar-refractivity contribution in [3.63, 3.8) is 0 Å². The van der Waals surface area contributed by atoms with Crippen LogP contribution in [0.1, 0.15) is 0 Å². The molecule has 0 atom stereocenters. The Balaban J connectivity index is 2.31. The van der Waals surface area contributed by atoms with Gasteiger partial charge in [-0.2, -0.15) is 0 Å². The fraction of sp³-hybridized carbons (Fsp3) is 0.273. The van der Waals surface area contributed by atoms with Crippen LogP contribution in [0.25, 0.3) is 0 Å². The Morgan fingerprint density at radius 1 is 1.42 bits per heavy atom. The first kappa shape index (κ1) is 15.2. The number of hydrogen-bond donors (Lipinski definition) is 3. The average molecular weight is 291 g/mol. The number of rotatable bonds is 6. The summed E-state index contributed by atoms with van der Waals surface area (Å²) in [6.07, 6.45) is 0. The van der Waals surface area contributed by atoms with Gasteiger partial charge in [0.1, 0.15) is 12.4 Å². The Labute approximate surface area is 113 Å². The van der Waals surface area contributed by atoms with Crippen LogP contribution in [-0.4, -0.2) is 36.9 Å². The van der Waals surface area contributed by atoms with Crippen molar-refractivity contribution in [3.8, 4) is 0 Å². The van der Waals surface area contributed by atoms with Crippen LogP contribution >= 0.6 is 11.6 Å². The van der Waals surface area contributed by atoms with Gasteiger partial charge < -0.3 is 20.5 Å². The molecule has 104 valence electrons. The first-order valence-electron chi connectivity index (χ1n) is 5.28. The monoisotopic (exact) mass is 290 g/mol. The fourth-order valence-electron chi connectivity index (χ4n) is 1.16. The number of carboxylic acids is 1. The second kappa shape index (κ2) is 7.55. The second-order valence-electron chi connectivity index (χ2n) is 3.45. The third-order valence-corrected chi connectivity index (χ3v) is 2.17. The van der Waals surface area contributed by atoms with Gasteiger partial charge in [-0.25, -0.2) is 14.0 Å². The average Bonchev–Trinajstić information content (AvgIpc) is 2.33. The Hall–Kier alpha value is -1.86. The molecule has 6 nitrogen and oxygen atoms in total. The molecule has 0 aromatic heterocycles. The van der Waals surface area contributed by atoms with E-state index in [2.05, 4.69) is 10.6 Å². The lowest BCUT2D eigenvalue weighted by Crippen LogP contribution is -2.32. The van der Waals surface area contributed by atoms with Gasteiger partial charge in [0.2, 0.25) is 0 Å². The van der Waals surface area contributed by atoms with Gasteiger partial charge in [0.05, 0.1) is 12.3 Å². The van der Waals surface area contributed by atoms with E-state index < -0.39 is 24.4 Å². The molecule has 0 unspecified atom stereocenters. The van der Waals surface area contributed by atoms with Crippen molar-refractivity contribution in [2.75, 3.05) is 25.1 Å². The molecule has 0 aliphatic carbocycles. The predicted molar refractivity (Wildman–Crippen MR) is 66.9 cm³/mol. The highest BCUT2D eigenvalue weighted by atomic mass is 35.5. The Bertz CT molecular complexity index is 470. The number of carbonyl (C=O) groups is 2. The molecule has 0 aliphatic heterocycles. The molecule has 0 heterocycles. The van der Waals surface area contributed by atoms with Crippen LogP contribution in [0.3, 0.4) is 0 Å². The molecule has 19 heavy (non-hydrogen) atoms. The minimum atomic E-state index is -1.09. The van der Waals surface area contributed by atoms with Crippen LogP contribution in [0, 0.1) is 5.82 Å². The number of anilines is 1. The number of urea groups is 1. The SMILES string of the molecule is O=C(O)COCCNC(=O)Nc1cc(Cl)ccc1F. The number of hydrogen-bond acceptors (Lipinski definition) is 3. The summed E-state index contributed by atoms with van der Waals surface area (Å²) in [6.45, 7) is -0.300. The van der Waals surface area contributed by atoms with Crippen LogP contribution in [-0.2, 0) is 9.53 Å². The molecule has 0 bridgehead atoms. The van der Waals surface area contributed by atoms with E-state index in [4.69, 9.17) is 21.4 Å². The van der Waals surface area contributed by atoms with E-state index in [9.17, 15) is 14.0 Å². The number of halogens is 2. The van der Waals surface area contributed by atoms with Crippen LogP contribution in [0.2, 0.25) is 5.02 Å². The zero-order valence-electron chi connectivity index (χ0n) is 9.78. The maximum atomic E-state index is 13.3. The minimum absolute atomic E-state index is 0.0394. The lowest BCUT2D eigenvalue weighted by Gasteiger charge is -2.08. The second-order valence-corrected chi connectivity index (χ2v) is 3.89. The number of carbonyl (C=O) groups excluding carboxylic acids is 1. The first-order chi connectivity index (χ1) is 8.99. The fourth-order valence-corrected chi connectivity index (χ4v) is 1.33. The quantitative estimate of drug-likeness (QED) is 0.696. The third-order valence-electron chi connectivity index (χ3n) is 1.93. The predicted octanol–water partition coefficient (Wildman–Crippen LogP) is 1.70. The third kappa shape index (κ3) is 6.03. The van der Waals surface area contributed by atoms with Crippen LogP contribution in [0.15, 0.2) is 18.2 Å². The Kier molecular flexibility index (Phi) is 6.04. The summed E-state index contributed by atoms with van der Waals surface area (Å²) in [4.78, 5) is 21.5. The molecule has 0 spiro atoms. The number of amides is 2. The van der Waals surface area contributed by atoms with Gasteiger partial charge in [-0.05, 0) is 18.2 Å². The van der Waals surface area contributed by atoms with E-state index in [0.717, 1.165) is 6.07 Å². The van der Waals surface area contributed by atoms with E-state index in [-0.39, 0.29) is 18.8 Å². The van der Waals surface area contributed by atoms with Crippen molar-refractivity contribution in [2.24, 2.45) is 0 Å². The molecule has 8 heteroatoms. The standard InChI is InChI=1S/C11H12ClFN2O4/c12-7-1-2-8(13)9(5-7)15-11(18)14-3-4-19-6-10(16)17/h1-2,5H,3-4,6H2,(H,16,17)(H2,14,15,18). The van der Waals surface area contributed by atoms with Crippen molar-refractivity contribution >= 4 is 29.3 Å². The molecule has 0 radical (unpaired) electrons. The maximum Gasteiger partial charge on any atom is 0.329 e. The number of benzene rings is 1. The highest BCUT2D eigenvalue weighted by Crippen LogP contribution is 2.19. The molecule has 2 amide bonds. The molecule has 0 saturated carbocycles. The topological polar surface area (TPSA) is 87.7 Å². The number of carboxylic acid groups (broad SMARTS) is 1. The number of nitrogens with one attached hydrogen (secondary N) is 2. The zero-order valence-corrected chi connectivity index (χ0v) is 10.5. The highest BCUT2D eigenvalue weighted by molar-refractivity contribution is 6.30. The van der Waals surface area contributed by atoms with Crippen LogP contribution < -0.4 is 10.6 Å². The van der Waals surface area contributed by atoms with Gasteiger partial charge in [-0.1, -0.05) is 11.6 Å². The van der Waals surface area contributed by atoms with Crippen molar-refractivity contribution in [3.05, 3.63) is 29.0 Å². The van der Waals surface area contributed by atoms with E-state index in [0.29, 0.717) is 5.02 Å². The molecule has 0 aliphatic rings. The molecule has 0 saturated heterocycles. The molecule has 3 N–H and O–H groups in total. The molecule has 0 fully saturated rings. The van der Waals surface area contributed by atoms with Gasteiger partial charge in [0.15, 0.2) is 0 Å². The smallest absolute Gasteiger partial charge is 0.329 e. The zero-order chi connectivity index (χ0) is 14.3. The van der Waals surface area contributed by atoms with Crippen LogP contribution in [0.4, 0.5) is 14.9 Å². The summed E-state index contributed by atoms with van der Waals surface area (Å²) < 4.78 is 18.0. The van der Waals surface area contributed by atoms with E-state index in [1.807, 2.05) is 0 Å². The normalized spacial score (nSPS) is 10.0. The van der Waals surface area contributed by atoms with Crippen molar-refractivity contribution in [1.82, 2.24) is 5.32 Å². The summed E-state index contributed by atoms with van der Waals surface area (Å²) in [5, 5.41) is 13.2. The summed E-state index contributed by atoms with van der Waals surface area (Å²) in [6, 6.07) is 3.13. The molecule has 1 rings (SSSR count). The molecule has 1 aromatic carbocycles. The first-order valence-corrected chi connectivity index (χ1v) is 5.66. The largest absolute Gasteiger partial charge is 0.480 e. The highest BCUT2D eigenvalue weighted by Gasteiger charge is 2.07. The summed E-state index contributed by atoms with van der Waals surface area (Å²) in [7, 11) is 0. The van der Waals surface area contributed by atoms with Gasteiger partial charge >= 0.3 is 12.0 Å². The van der Waals surface area contributed by atoms with Gasteiger partial charge in [0, 0.05) is 11.6 Å². The van der Waals surface area contributed by atoms with Gasteiger partial charge in [-0.15, -0.1) is 0 Å². The van der Waals surface area contributed by atoms with Crippen molar-refractivity contribution in [1.29, 1.82) is 0 Å². The van der Waals surface area contributed by atoms with Gasteiger partial charge in [-0.3, -0.25) is 0 Å². The lowest BCUT2D eigenvalue weighted by atomic mass is 10.3. The van der Waals surface area contributed by atoms with Gasteiger partial charge in [0.25, 0.3) is 0 Å². The van der Waals surface area contributed by atoms with E-state index in [1.54, 1.807) is 0 Å². The summed E-state index contributed by atoms with van der Waals surface area (Å²) in [5.74, 6) is -1.70. The molecular formula is C11H12ClFN2O4. The number of aliphatic carboxylic acids is 1.